The van der Waals surface area contributed by atoms with Crippen LogP contribution in [0.1, 0.15) is 40.6 Å². The summed E-state index contributed by atoms with van der Waals surface area (Å²) in [5, 5.41) is 9.93. The van der Waals surface area contributed by atoms with Gasteiger partial charge in [-0.3, -0.25) is 4.57 Å². The van der Waals surface area contributed by atoms with Crippen LogP contribution in [0.2, 0.25) is 0 Å². The third kappa shape index (κ3) is 3.17. The van der Waals surface area contributed by atoms with E-state index in [1.165, 1.54) is 55.6 Å². The first kappa shape index (κ1) is 24.8. The van der Waals surface area contributed by atoms with Crippen LogP contribution in [0, 0.1) is 11.3 Å². The van der Waals surface area contributed by atoms with Crippen molar-refractivity contribution in [2.75, 3.05) is 0 Å². The Labute approximate surface area is 256 Å². The van der Waals surface area contributed by atoms with Gasteiger partial charge in [0.05, 0.1) is 28.1 Å². The fraction of sp³-hybridized carbons (Fsp3) is 0.0732. The number of aryl methyl sites for hydroxylation is 1. The molecular formula is C41H27N3. The van der Waals surface area contributed by atoms with Crippen LogP contribution < -0.4 is 0 Å². The van der Waals surface area contributed by atoms with Crippen LogP contribution >= 0.6 is 0 Å². The summed E-state index contributed by atoms with van der Waals surface area (Å²) in [4.78, 5) is 4.88. The maximum absolute atomic E-state index is 9.93. The SMILES string of the molecule is CCc1nc2ccccc2n1-c1ccc(-c2ccc3c(c2)C2(c4ccccc4-c4ccccc42)c2cc(C#N)ccc2-3)cc1. The summed E-state index contributed by atoms with van der Waals surface area (Å²) in [7, 11) is 0. The highest BCUT2D eigenvalue weighted by Gasteiger charge is 2.51. The summed E-state index contributed by atoms with van der Waals surface area (Å²) in [6, 6.07) is 50.3. The van der Waals surface area contributed by atoms with Gasteiger partial charge in [-0.15, -0.1) is 0 Å². The first-order valence-corrected chi connectivity index (χ1v) is 15.2. The molecule has 0 unspecified atom stereocenters. The quantitative estimate of drug-likeness (QED) is 0.216. The molecule has 0 saturated heterocycles. The van der Waals surface area contributed by atoms with Gasteiger partial charge in [0.15, 0.2) is 0 Å². The minimum atomic E-state index is -0.480. The Hall–Kier alpha value is -5.72. The van der Waals surface area contributed by atoms with Crippen molar-refractivity contribution in [1.82, 2.24) is 9.55 Å². The lowest BCUT2D eigenvalue weighted by Gasteiger charge is -2.30. The summed E-state index contributed by atoms with van der Waals surface area (Å²) in [5.74, 6) is 1.06. The summed E-state index contributed by atoms with van der Waals surface area (Å²) in [5.41, 5.74) is 15.8. The Kier molecular flexibility index (Phi) is 5.16. The van der Waals surface area contributed by atoms with Crippen LogP contribution in [0.15, 0.2) is 133 Å². The van der Waals surface area contributed by atoms with Gasteiger partial charge >= 0.3 is 0 Å². The van der Waals surface area contributed by atoms with Crippen molar-refractivity contribution in [1.29, 1.82) is 5.26 Å². The maximum atomic E-state index is 9.93. The third-order valence-corrected chi connectivity index (χ3v) is 9.62. The fourth-order valence-corrected chi connectivity index (χ4v) is 7.79. The van der Waals surface area contributed by atoms with Gasteiger partial charge in [-0.25, -0.2) is 4.98 Å². The number of hydrogen-bond donors (Lipinski definition) is 0. The van der Waals surface area contributed by atoms with Crippen molar-refractivity contribution >= 4 is 11.0 Å². The van der Waals surface area contributed by atoms with Crippen molar-refractivity contribution in [2.24, 2.45) is 0 Å². The average molecular weight is 562 g/mol. The molecule has 0 atom stereocenters. The van der Waals surface area contributed by atoms with Gasteiger partial charge in [-0.2, -0.15) is 5.26 Å². The molecule has 0 aliphatic heterocycles. The van der Waals surface area contributed by atoms with Crippen molar-refractivity contribution in [2.45, 2.75) is 18.8 Å². The normalized spacial score (nSPS) is 13.4. The van der Waals surface area contributed by atoms with E-state index in [0.717, 1.165) is 29.0 Å². The summed E-state index contributed by atoms with van der Waals surface area (Å²) < 4.78 is 2.27. The van der Waals surface area contributed by atoms with Crippen LogP contribution in [-0.4, -0.2) is 9.55 Å². The Morgan fingerprint density at radius 2 is 1.20 bits per heavy atom. The van der Waals surface area contributed by atoms with Crippen LogP contribution in [0.4, 0.5) is 0 Å². The minimum Gasteiger partial charge on any atom is -0.296 e. The molecule has 0 radical (unpaired) electrons. The molecule has 0 N–H and O–H groups in total. The van der Waals surface area contributed by atoms with Crippen molar-refractivity contribution in [3.8, 4) is 45.1 Å². The maximum Gasteiger partial charge on any atom is 0.114 e. The molecule has 0 amide bonds. The van der Waals surface area contributed by atoms with Crippen molar-refractivity contribution < 1.29 is 0 Å². The molecule has 1 aromatic heterocycles. The number of rotatable bonds is 3. The monoisotopic (exact) mass is 561 g/mol. The van der Waals surface area contributed by atoms with E-state index in [4.69, 9.17) is 4.98 Å². The Balaban J connectivity index is 1.25. The summed E-state index contributed by atoms with van der Waals surface area (Å²) >= 11 is 0. The molecule has 2 aliphatic rings. The number of benzene rings is 6. The molecule has 2 aliphatic carbocycles. The second kappa shape index (κ2) is 9.14. The molecular weight excluding hydrogens is 534 g/mol. The number of nitrogens with zero attached hydrogens (tertiary/aromatic N) is 3. The highest BCUT2D eigenvalue weighted by atomic mass is 15.1. The van der Waals surface area contributed by atoms with Crippen LogP contribution in [0.5, 0.6) is 0 Å². The topological polar surface area (TPSA) is 41.6 Å². The van der Waals surface area contributed by atoms with E-state index in [2.05, 4.69) is 139 Å². The average Bonchev–Trinajstić information content (AvgIpc) is 3.71. The molecule has 206 valence electrons. The lowest BCUT2D eigenvalue weighted by Crippen LogP contribution is -2.26. The van der Waals surface area contributed by atoms with E-state index in [1.807, 2.05) is 12.1 Å². The van der Waals surface area contributed by atoms with E-state index in [-0.39, 0.29) is 0 Å². The van der Waals surface area contributed by atoms with Gasteiger partial charge in [-0.1, -0.05) is 97.9 Å². The summed E-state index contributed by atoms with van der Waals surface area (Å²) in [6.45, 7) is 2.16. The van der Waals surface area contributed by atoms with E-state index in [1.54, 1.807) is 0 Å². The number of aromatic nitrogens is 2. The Morgan fingerprint density at radius 3 is 1.91 bits per heavy atom. The van der Waals surface area contributed by atoms with Gasteiger partial charge in [0.2, 0.25) is 0 Å². The molecule has 6 aromatic carbocycles. The molecule has 9 rings (SSSR count). The number of para-hydroxylation sites is 2. The molecule has 0 saturated carbocycles. The molecule has 0 fully saturated rings. The Morgan fingerprint density at radius 1 is 0.614 bits per heavy atom. The van der Waals surface area contributed by atoms with Crippen LogP contribution in [-0.2, 0) is 11.8 Å². The third-order valence-electron chi connectivity index (χ3n) is 9.62. The number of imidazole rings is 1. The van der Waals surface area contributed by atoms with E-state index >= 15 is 0 Å². The van der Waals surface area contributed by atoms with Crippen LogP contribution in [0.25, 0.3) is 50.1 Å². The molecule has 7 aromatic rings. The predicted molar refractivity (Wildman–Crippen MR) is 177 cm³/mol. The number of nitriles is 1. The molecule has 3 nitrogen and oxygen atoms in total. The van der Waals surface area contributed by atoms with Gasteiger partial charge in [-0.05, 0) is 98.1 Å². The van der Waals surface area contributed by atoms with E-state index in [0.29, 0.717) is 5.56 Å². The van der Waals surface area contributed by atoms with E-state index in [9.17, 15) is 5.26 Å². The lowest BCUT2D eigenvalue weighted by atomic mass is 9.70. The first-order chi connectivity index (χ1) is 21.7. The molecule has 1 spiro atoms. The standard InChI is InChI=1S/C41H27N3/c1-2-40-43-38-13-7-8-14-39(38)44(40)29-19-16-27(17-20-29)28-18-22-33-32-21-15-26(25-42)23-36(32)41(37(33)24-28)34-11-5-3-9-30(34)31-10-4-6-12-35(31)41/h3-24H,2H2,1H3. The second-order valence-electron chi connectivity index (χ2n) is 11.7. The number of fused-ring (bicyclic) bond motifs is 11. The van der Waals surface area contributed by atoms with Crippen molar-refractivity contribution in [3.63, 3.8) is 0 Å². The second-order valence-corrected chi connectivity index (χ2v) is 11.7. The Bertz CT molecular complexity index is 2290. The van der Waals surface area contributed by atoms with Gasteiger partial charge in [0.25, 0.3) is 0 Å². The highest BCUT2D eigenvalue weighted by molar-refractivity contribution is 5.96. The van der Waals surface area contributed by atoms with E-state index < -0.39 is 5.41 Å². The largest absolute Gasteiger partial charge is 0.296 e. The van der Waals surface area contributed by atoms with Gasteiger partial charge in [0, 0.05) is 12.1 Å². The fourth-order valence-electron chi connectivity index (χ4n) is 7.79. The molecule has 1 heterocycles. The molecule has 3 heteroatoms. The van der Waals surface area contributed by atoms with Crippen LogP contribution in [0.3, 0.4) is 0 Å². The van der Waals surface area contributed by atoms with Gasteiger partial charge in [0.1, 0.15) is 5.82 Å². The minimum absolute atomic E-state index is 0.480. The lowest BCUT2D eigenvalue weighted by molar-refractivity contribution is 0.793. The summed E-state index contributed by atoms with van der Waals surface area (Å²) in [6.07, 6.45) is 0.861. The smallest absolute Gasteiger partial charge is 0.114 e. The zero-order valence-corrected chi connectivity index (χ0v) is 24.3. The molecule has 0 bridgehead atoms. The van der Waals surface area contributed by atoms with Crippen molar-refractivity contribution in [3.05, 3.63) is 167 Å². The van der Waals surface area contributed by atoms with Gasteiger partial charge < -0.3 is 0 Å². The zero-order chi connectivity index (χ0) is 29.4. The molecule has 44 heavy (non-hydrogen) atoms. The highest BCUT2D eigenvalue weighted by Crippen LogP contribution is 2.63. The zero-order valence-electron chi connectivity index (χ0n) is 24.3. The first-order valence-electron chi connectivity index (χ1n) is 15.2. The predicted octanol–water partition coefficient (Wildman–Crippen LogP) is 9.47. The number of hydrogen-bond acceptors (Lipinski definition) is 2.